The SMILES string of the molecule is C[Si]1(C)OB(O)c2cc(F)c(SC3CC(=O)N(c4ccc(F)cc4)C3=O)c(F)c21. The molecule has 1 unspecified atom stereocenters. The number of halogens is 3. The molecule has 1 atom stereocenters. The molecule has 1 fully saturated rings. The highest BCUT2D eigenvalue weighted by Gasteiger charge is 2.47. The van der Waals surface area contributed by atoms with Crippen LogP contribution in [0.5, 0.6) is 0 Å². The lowest BCUT2D eigenvalue weighted by Gasteiger charge is -2.19. The van der Waals surface area contributed by atoms with Gasteiger partial charge >= 0.3 is 7.12 Å². The predicted octanol–water partition coefficient (Wildman–Crippen LogP) is 1.66. The summed E-state index contributed by atoms with van der Waals surface area (Å²) in [7, 11) is -4.17. The van der Waals surface area contributed by atoms with Crippen LogP contribution in [0.3, 0.4) is 0 Å². The van der Waals surface area contributed by atoms with Gasteiger partial charge in [-0.15, -0.1) is 11.8 Å². The lowest BCUT2D eigenvalue weighted by Crippen LogP contribution is -2.46. The van der Waals surface area contributed by atoms with Crippen LogP contribution in [-0.4, -0.2) is 37.5 Å². The molecule has 2 aromatic carbocycles. The monoisotopic (exact) mass is 437 g/mol. The molecule has 0 saturated carbocycles. The van der Waals surface area contributed by atoms with Gasteiger partial charge in [-0.05, 0) is 48.9 Å². The summed E-state index contributed by atoms with van der Waals surface area (Å²) >= 11 is 0.635. The standard InChI is InChI=1S/C18H15BF3NO4SSi/c1-29(2)17-11(19(26)27-29)7-12(21)16(15(17)22)28-13-8-14(24)23(18(13)25)10-5-3-9(20)4-6-10/h3-7,13,26H,8H2,1-2H3. The Morgan fingerprint density at radius 2 is 1.86 bits per heavy atom. The van der Waals surface area contributed by atoms with Crippen molar-refractivity contribution in [3.05, 3.63) is 47.8 Å². The van der Waals surface area contributed by atoms with Crippen molar-refractivity contribution in [1.82, 2.24) is 0 Å². The maximum absolute atomic E-state index is 15.2. The number of benzene rings is 2. The maximum Gasteiger partial charge on any atom is 0.480 e. The fourth-order valence-electron chi connectivity index (χ4n) is 3.64. The van der Waals surface area contributed by atoms with Gasteiger partial charge in [0, 0.05) is 11.6 Å². The maximum atomic E-state index is 15.2. The molecular formula is C18H15BF3NO4SSi. The van der Waals surface area contributed by atoms with Crippen LogP contribution in [0.15, 0.2) is 35.2 Å². The van der Waals surface area contributed by atoms with E-state index in [0.717, 1.165) is 23.1 Å². The molecule has 0 bridgehead atoms. The molecule has 0 aliphatic carbocycles. The van der Waals surface area contributed by atoms with Crippen molar-refractivity contribution >= 4 is 55.3 Å². The van der Waals surface area contributed by atoms with Crippen molar-refractivity contribution in [3.63, 3.8) is 0 Å². The van der Waals surface area contributed by atoms with Gasteiger partial charge in [0.05, 0.1) is 15.8 Å². The van der Waals surface area contributed by atoms with Crippen LogP contribution in [0.2, 0.25) is 13.1 Å². The number of anilines is 1. The summed E-state index contributed by atoms with van der Waals surface area (Å²) in [5, 5.41) is 9.07. The molecule has 150 valence electrons. The van der Waals surface area contributed by atoms with Gasteiger partial charge in [-0.25, -0.2) is 18.1 Å². The van der Waals surface area contributed by atoms with E-state index in [1.165, 1.54) is 12.1 Å². The highest BCUT2D eigenvalue weighted by atomic mass is 32.2. The summed E-state index contributed by atoms with van der Waals surface area (Å²) < 4.78 is 48.3. The van der Waals surface area contributed by atoms with E-state index in [4.69, 9.17) is 4.34 Å². The first-order chi connectivity index (χ1) is 13.6. The van der Waals surface area contributed by atoms with E-state index in [-0.39, 0.29) is 27.7 Å². The molecule has 11 heteroatoms. The van der Waals surface area contributed by atoms with Gasteiger partial charge in [-0.1, -0.05) is 0 Å². The number of rotatable bonds is 3. The Balaban J connectivity index is 1.66. The van der Waals surface area contributed by atoms with E-state index in [0.29, 0.717) is 11.8 Å². The van der Waals surface area contributed by atoms with Crippen molar-refractivity contribution in [1.29, 1.82) is 0 Å². The number of nitrogens with zero attached hydrogens (tertiary/aromatic N) is 1. The van der Waals surface area contributed by atoms with Crippen LogP contribution in [0, 0.1) is 17.5 Å². The first-order valence-corrected chi connectivity index (χ1v) is 12.6. The van der Waals surface area contributed by atoms with E-state index in [1.807, 2.05) is 0 Å². The van der Waals surface area contributed by atoms with Gasteiger partial charge in [0.25, 0.3) is 0 Å². The minimum Gasteiger partial charge on any atom is -0.446 e. The molecule has 2 aromatic rings. The first-order valence-electron chi connectivity index (χ1n) is 8.77. The van der Waals surface area contributed by atoms with Crippen molar-refractivity contribution in [2.24, 2.45) is 0 Å². The van der Waals surface area contributed by atoms with Gasteiger partial charge in [0.1, 0.15) is 17.5 Å². The third kappa shape index (κ3) is 3.31. The van der Waals surface area contributed by atoms with E-state index >= 15 is 4.39 Å². The van der Waals surface area contributed by atoms with Gasteiger partial charge in [-0.2, -0.15) is 0 Å². The number of hydrogen-bond donors (Lipinski definition) is 1. The van der Waals surface area contributed by atoms with Crippen LogP contribution in [-0.2, 0) is 13.9 Å². The second kappa shape index (κ2) is 7.01. The zero-order valence-electron chi connectivity index (χ0n) is 15.4. The third-order valence-electron chi connectivity index (χ3n) is 4.93. The average Bonchev–Trinajstić information content (AvgIpc) is 3.04. The first kappa shape index (κ1) is 20.2. The Morgan fingerprint density at radius 1 is 1.21 bits per heavy atom. The molecule has 2 aliphatic heterocycles. The minimum absolute atomic E-state index is 0.0581. The second-order valence-corrected chi connectivity index (χ2v) is 12.3. The highest BCUT2D eigenvalue weighted by Crippen LogP contribution is 2.36. The Hall–Kier alpha value is -2.08. The molecular weight excluding hydrogens is 422 g/mol. The second-order valence-electron chi connectivity index (χ2n) is 7.30. The van der Waals surface area contributed by atoms with Crippen molar-refractivity contribution in [3.8, 4) is 0 Å². The molecule has 4 rings (SSSR count). The topological polar surface area (TPSA) is 66.8 Å². The number of carbonyl (C=O) groups is 2. The Morgan fingerprint density at radius 3 is 2.52 bits per heavy atom. The Labute approximate surface area is 170 Å². The van der Waals surface area contributed by atoms with Crippen LogP contribution < -0.4 is 15.5 Å². The molecule has 0 radical (unpaired) electrons. The van der Waals surface area contributed by atoms with Crippen LogP contribution in [0.1, 0.15) is 6.42 Å². The Kier molecular flexibility index (Phi) is 4.88. The summed E-state index contributed by atoms with van der Waals surface area (Å²) in [6.07, 6.45) is -0.239. The fourth-order valence-corrected chi connectivity index (χ4v) is 7.17. The quantitative estimate of drug-likeness (QED) is 0.585. The number of fused-ring (bicyclic) bond motifs is 1. The normalized spacial score (nSPS) is 20.6. The fraction of sp³-hybridized carbons (Fsp3) is 0.222. The lowest BCUT2D eigenvalue weighted by molar-refractivity contribution is -0.121. The zero-order chi connectivity index (χ0) is 21.1. The van der Waals surface area contributed by atoms with Gasteiger partial charge < -0.3 is 9.37 Å². The van der Waals surface area contributed by atoms with Gasteiger partial charge in [-0.3, -0.25) is 9.59 Å². The van der Waals surface area contributed by atoms with Crippen LogP contribution >= 0.6 is 11.8 Å². The molecule has 0 aromatic heterocycles. The van der Waals surface area contributed by atoms with Crippen molar-refractivity contribution in [2.75, 3.05) is 4.90 Å². The van der Waals surface area contributed by atoms with E-state index in [2.05, 4.69) is 0 Å². The van der Waals surface area contributed by atoms with E-state index in [1.54, 1.807) is 13.1 Å². The van der Waals surface area contributed by atoms with Crippen molar-refractivity contribution in [2.45, 2.75) is 29.7 Å². The van der Waals surface area contributed by atoms with Gasteiger partial charge in [0.2, 0.25) is 20.1 Å². The predicted molar refractivity (Wildman–Crippen MR) is 105 cm³/mol. The lowest BCUT2D eigenvalue weighted by atomic mass is 9.80. The molecule has 1 N–H and O–H groups in total. The Bertz CT molecular complexity index is 1040. The summed E-state index contributed by atoms with van der Waals surface area (Å²) in [6, 6.07) is 5.85. The third-order valence-corrected chi connectivity index (χ3v) is 8.72. The number of carbonyl (C=O) groups excluding carboxylic acids is 2. The minimum atomic E-state index is -2.78. The highest BCUT2D eigenvalue weighted by molar-refractivity contribution is 8.00. The summed E-state index contributed by atoms with van der Waals surface area (Å²) in [4.78, 5) is 25.6. The summed E-state index contributed by atoms with van der Waals surface area (Å²) in [5.74, 6) is -3.47. The number of amides is 2. The zero-order valence-corrected chi connectivity index (χ0v) is 17.2. The van der Waals surface area contributed by atoms with Gasteiger partial charge in [0.15, 0.2) is 0 Å². The molecule has 1 saturated heterocycles. The van der Waals surface area contributed by atoms with E-state index < -0.39 is 50.0 Å². The van der Waals surface area contributed by atoms with Crippen molar-refractivity contribution < 1.29 is 32.1 Å². The molecule has 2 aliphatic rings. The molecule has 2 heterocycles. The molecule has 0 spiro atoms. The number of thioether (sulfide) groups is 1. The smallest absolute Gasteiger partial charge is 0.446 e. The number of imide groups is 1. The molecule has 29 heavy (non-hydrogen) atoms. The number of hydrogen-bond acceptors (Lipinski definition) is 5. The van der Waals surface area contributed by atoms with E-state index in [9.17, 15) is 23.4 Å². The summed E-state index contributed by atoms with van der Waals surface area (Å²) in [6.45, 7) is 3.36. The molecule has 2 amide bonds. The molecule has 5 nitrogen and oxygen atoms in total. The van der Waals surface area contributed by atoms with Crippen LogP contribution in [0.25, 0.3) is 0 Å². The summed E-state index contributed by atoms with van der Waals surface area (Å²) in [5.41, 5.74) is 0.257. The largest absolute Gasteiger partial charge is 0.480 e. The van der Waals surface area contributed by atoms with Crippen LogP contribution in [0.4, 0.5) is 18.9 Å². The average molecular weight is 437 g/mol.